The molecular formula is C16H24N4. The molecule has 0 N–H and O–H groups in total. The number of hydrogen-bond donors (Lipinski definition) is 0. The smallest absolute Gasteiger partial charge is 0.159 e. The van der Waals surface area contributed by atoms with E-state index in [0.717, 1.165) is 24.1 Å². The second-order valence-electron chi connectivity index (χ2n) is 5.95. The van der Waals surface area contributed by atoms with E-state index < -0.39 is 0 Å². The maximum Gasteiger partial charge on any atom is 0.159 e. The van der Waals surface area contributed by atoms with Crippen molar-refractivity contribution in [2.75, 3.05) is 6.54 Å². The van der Waals surface area contributed by atoms with Crippen molar-refractivity contribution < 1.29 is 0 Å². The molecular weight excluding hydrogens is 248 g/mol. The van der Waals surface area contributed by atoms with E-state index in [-0.39, 0.29) is 0 Å². The summed E-state index contributed by atoms with van der Waals surface area (Å²) in [7, 11) is 0. The summed E-state index contributed by atoms with van der Waals surface area (Å²) in [5.41, 5.74) is 2.05. The van der Waals surface area contributed by atoms with Crippen LogP contribution >= 0.6 is 0 Å². The Morgan fingerprint density at radius 3 is 3.00 bits per heavy atom. The highest BCUT2D eigenvalue weighted by Crippen LogP contribution is 2.24. The molecule has 0 spiro atoms. The molecule has 2 aromatic rings. The molecule has 1 atom stereocenters. The van der Waals surface area contributed by atoms with Crippen LogP contribution in [0.3, 0.4) is 0 Å². The lowest BCUT2D eigenvalue weighted by Crippen LogP contribution is -2.37. The number of hydrogen-bond acceptors (Lipinski definition) is 3. The average Bonchev–Trinajstić information content (AvgIpc) is 3.02. The van der Waals surface area contributed by atoms with Gasteiger partial charge in [-0.05, 0) is 52.3 Å². The van der Waals surface area contributed by atoms with Gasteiger partial charge in [0.25, 0.3) is 0 Å². The predicted octanol–water partition coefficient (Wildman–Crippen LogP) is 2.87. The molecule has 108 valence electrons. The minimum atomic E-state index is 0.625. The van der Waals surface area contributed by atoms with Crippen molar-refractivity contribution in [3.63, 3.8) is 0 Å². The summed E-state index contributed by atoms with van der Waals surface area (Å²) < 4.78 is 2.27. The SMILES string of the molecule is CCn1c(CC2CCCN2C(C)C)nc2cccnc21. The number of fused-ring (bicyclic) bond motifs is 1. The van der Waals surface area contributed by atoms with Crippen molar-refractivity contribution in [1.29, 1.82) is 0 Å². The fraction of sp³-hybridized carbons (Fsp3) is 0.625. The Morgan fingerprint density at radius 1 is 1.40 bits per heavy atom. The van der Waals surface area contributed by atoms with E-state index in [1.807, 2.05) is 12.3 Å². The third-order valence-electron chi connectivity index (χ3n) is 4.40. The number of likely N-dealkylation sites (tertiary alicyclic amines) is 1. The molecule has 3 heterocycles. The molecule has 0 amide bonds. The van der Waals surface area contributed by atoms with E-state index in [4.69, 9.17) is 4.98 Å². The first-order valence-corrected chi connectivity index (χ1v) is 7.76. The van der Waals surface area contributed by atoms with Gasteiger partial charge in [-0.2, -0.15) is 0 Å². The van der Waals surface area contributed by atoms with Crippen molar-refractivity contribution in [1.82, 2.24) is 19.4 Å². The zero-order valence-corrected chi connectivity index (χ0v) is 12.7. The van der Waals surface area contributed by atoms with Crippen molar-refractivity contribution in [2.45, 2.75) is 58.7 Å². The quantitative estimate of drug-likeness (QED) is 0.858. The molecule has 1 aliphatic rings. The normalized spacial score (nSPS) is 20.3. The summed E-state index contributed by atoms with van der Waals surface area (Å²) >= 11 is 0. The Morgan fingerprint density at radius 2 is 2.25 bits per heavy atom. The second kappa shape index (κ2) is 5.52. The minimum Gasteiger partial charge on any atom is -0.313 e. The maximum atomic E-state index is 4.81. The summed E-state index contributed by atoms with van der Waals surface area (Å²) in [6.45, 7) is 8.93. The number of pyridine rings is 1. The number of aryl methyl sites for hydroxylation is 1. The summed E-state index contributed by atoms with van der Waals surface area (Å²) in [6.07, 6.45) is 5.50. The van der Waals surface area contributed by atoms with Crippen LogP contribution in [-0.4, -0.2) is 38.1 Å². The second-order valence-corrected chi connectivity index (χ2v) is 5.95. The Kier molecular flexibility index (Phi) is 3.74. The standard InChI is InChI=1S/C16H24N4/c1-4-19-15(18-14-8-5-9-17-16(14)19)11-13-7-6-10-20(13)12(2)3/h5,8-9,12-13H,4,6-7,10-11H2,1-3H3. The number of nitrogens with zero attached hydrogens (tertiary/aromatic N) is 4. The Labute approximate surface area is 120 Å². The van der Waals surface area contributed by atoms with Gasteiger partial charge < -0.3 is 4.57 Å². The van der Waals surface area contributed by atoms with E-state index >= 15 is 0 Å². The number of imidazole rings is 1. The molecule has 0 saturated carbocycles. The molecule has 1 saturated heterocycles. The van der Waals surface area contributed by atoms with Gasteiger partial charge in [0.1, 0.15) is 11.3 Å². The third kappa shape index (κ3) is 2.33. The molecule has 1 unspecified atom stereocenters. The summed E-state index contributed by atoms with van der Waals surface area (Å²) in [5, 5.41) is 0. The monoisotopic (exact) mass is 272 g/mol. The van der Waals surface area contributed by atoms with Crippen LogP contribution in [0.2, 0.25) is 0 Å². The third-order valence-corrected chi connectivity index (χ3v) is 4.40. The maximum absolute atomic E-state index is 4.81. The average molecular weight is 272 g/mol. The first kappa shape index (κ1) is 13.6. The van der Waals surface area contributed by atoms with Crippen molar-refractivity contribution >= 4 is 11.2 Å². The lowest BCUT2D eigenvalue weighted by atomic mass is 10.1. The summed E-state index contributed by atoms with van der Waals surface area (Å²) in [5.74, 6) is 1.19. The molecule has 1 aliphatic heterocycles. The molecule has 4 nitrogen and oxygen atoms in total. The lowest BCUT2D eigenvalue weighted by Gasteiger charge is -2.28. The van der Waals surface area contributed by atoms with Crippen molar-refractivity contribution in [2.24, 2.45) is 0 Å². The molecule has 0 bridgehead atoms. The van der Waals surface area contributed by atoms with E-state index in [1.165, 1.54) is 25.2 Å². The van der Waals surface area contributed by atoms with Crippen LogP contribution in [0, 0.1) is 0 Å². The van der Waals surface area contributed by atoms with Crippen molar-refractivity contribution in [3.8, 4) is 0 Å². The first-order chi connectivity index (χ1) is 9.70. The van der Waals surface area contributed by atoms with E-state index in [1.54, 1.807) is 0 Å². The van der Waals surface area contributed by atoms with Crippen LogP contribution in [0.25, 0.3) is 11.2 Å². The molecule has 0 aromatic carbocycles. The Balaban J connectivity index is 1.90. The molecule has 0 radical (unpaired) electrons. The zero-order chi connectivity index (χ0) is 14.1. The van der Waals surface area contributed by atoms with Gasteiger partial charge in [-0.25, -0.2) is 9.97 Å². The largest absolute Gasteiger partial charge is 0.313 e. The van der Waals surface area contributed by atoms with Gasteiger partial charge in [0.05, 0.1) is 0 Å². The van der Waals surface area contributed by atoms with E-state index in [0.29, 0.717) is 12.1 Å². The molecule has 20 heavy (non-hydrogen) atoms. The Hall–Kier alpha value is -1.42. The number of rotatable bonds is 4. The summed E-state index contributed by atoms with van der Waals surface area (Å²) in [6, 6.07) is 5.29. The van der Waals surface area contributed by atoms with Crippen LogP contribution in [0.1, 0.15) is 39.4 Å². The van der Waals surface area contributed by atoms with E-state index in [9.17, 15) is 0 Å². The van der Waals surface area contributed by atoms with Crippen LogP contribution in [0.15, 0.2) is 18.3 Å². The van der Waals surface area contributed by atoms with Gasteiger partial charge in [0.2, 0.25) is 0 Å². The van der Waals surface area contributed by atoms with Crippen LogP contribution < -0.4 is 0 Å². The van der Waals surface area contributed by atoms with Gasteiger partial charge in [-0.15, -0.1) is 0 Å². The molecule has 4 heteroatoms. The predicted molar refractivity (Wildman–Crippen MR) is 81.8 cm³/mol. The minimum absolute atomic E-state index is 0.625. The van der Waals surface area contributed by atoms with Crippen LogP contribution in [-0.2, 0) is 13.0 Å². The van der Waals surface area contributed by atoms with Crippen LogP contribution in [0.5, 0.6) is 0 Å². The highest BCUT2D eigenvalue weighted by Gasteiger charge is 2.28. The molecule has 2 aromatic heterocycles. The van der Waals surface area contributed by atoms with Gasteiger partial charge in [-0.3, -0.25) is 4.90 Å². The van der Waals surface area contributed by atoms with Gasteiger partial charge in [0, 0.05) is 31.2 Å². The van der Waals surface area contributed by atoms with E-state index in [2.05, 4.69) is 41.3 Å². The summed E-state index contributed by atoms with van der Waals surface area (Å²) in [4.78, 5) is 11.9. The molecule has 0 aliphatic carbocycles. The van der Waals surface area contributed by atoms with Crippen molar-refractivity contribution in [3.05, 3.63) is 24.2 Å². The Bertz CT molecular complexity index is 587. The van der Waals surface area contributed by atoms with Gasteiger partial charge in [0.15, 0.2) is 5.65 Å². The number of aromatic nitrogens is 3. The lowest BCUT2D eigenvalue weighted by molar-refractivity contribution is 0.200. The highest BCUT2D eigenvalue weighted by atomic mass is 15.2. The molecule has 3 rings (SSSR count). The molecule has 1 fully saturated rings. The van der Waals surface area contributed by atoms with Gasteiger partial charge in [-0.1, -0.05) is 0 Å². The highest BCUT2D eigenvalue weighted by molar-refractivity contribution is 5.71. The first-order valence-electron chi connectivity index (χ1n) is 7.76. The van der Waals surface area contributed by atoms with Gasteiger partial charge >= 0.3 is 0 Å². The topological polar surface area (TPSA) is 34.0 Å². The van der Waals surface area contributed by atoms with Crippen LogP contribution in [0.4, 0.5) is 0 Å². The fourth-order valence-corrected chi connectivity index (χ4v) is 3.46. The fourth-order valence-electron chi connectivity index (χ4n) is 3.46. The zero-order valence-electron chi connectivity index (χ0n) is 12.7.